The summed E-state index contributed by atoms with van der Waals surface area (Å²) < 4.78 is 11.7. The first-order valence-electron chi connectivity index (χ1n) is 9.92. The van der Waals surface area contributed by atoms with E-state index in [0.717, 1.165) is 65.1 Å². The van der Waals surface area contributed by atoms with E-state index in [1.54, 1.807) is 0 Å². The minimum absolute atomic E-state index is 0.199. The first kappa shape index (κ1) is 19.1. The molecule has 0 N–H and O–H groups in total. The van der Waals surface area contributed by atoms with Crippen LogP contribution in [0.15, 0.2) is 60.7 Å². The van der Waals surface area contributed by atoms with Crippen molar-refractivity contribution in [2.45, 2.75) is 31.8 Å². The second kappa shape index (κ2) is 11.1. The molecule has 3 rings (SSSR count). The van der Waals surface area contributed by atoms with Crippen LogP contribution in [-0.4, -0.2) is 44.4 Å². The minimum Gasteiger partial charge on any atom is -0.379 e. The fourth-order valence-electron chi connectivity index (χ4n) is 3.49. The highest BCUT2D eigenvalue weighted by Gasteiger charge is 2.13. The van der Waals surface area contributed by atoms with Crippen LogP contribution >= 0.6 is 0 Å². The summed E-state index contributed by atoms with van der Waals surface area (Å²) in [4.78, 5) is 2.47. The van der Waals surface area contributed by atoms with E-state index in [2.05, 4.69) is 65.6 Å². The highest BCUT2D eigenvalue weighted by Crippen LogP contribution is 2.24. The summed E-state index contributed by atoms with van der Waals surface area (Å²) in [6.07, 6.45) is 4.61. The Balaban J connectivity index is 1.44. The molecule has 2 aromatic carbocycles. The smallest absolute Gasteiger partial charge is 0.0825 e. The lowest BCUT2D eigenvalue weighted by atomic mass is 10.0. The van der Waals surface area contributed by atoms with Crippen LogP contribution in [-0.2, 0) is 15.9 Å². The molecule has 3 nitrogen and oxygen atoms in total. The van der Waals surface area contributed by atoms with Crippen molar-refractivity contribution in [2.75, 3.05) is 39.5 Å². The van der Waals surface area contributed by atoms with Crippen LogP contribution in [0, 0.1) is 0 Å². The number of benzene rings is 2. The zero-order chi connectivity index (χ0) is 17.9. The van der Waals surface area contributed by atoms with Crippen molar-refractivity contribution in [3.63, 3.8) is 0 Å². The van der Waals surface area contributed by atoms with Crippen LogP contribution < -0.4 is 0 Å². The first-order valence-corrected chi connectivity index (χ1v) is 9.92. The van der Waals surface area contributed by atoms with E-state index < -0.39 is 0 Å². The quantitative estimate of drug-likeness (QED) is 0.588. The van der Waals surface area contributed by atoms with Crippen molar-refractivity contribution in [1.82, 2.24) is 4.90 Å². The molecule has 2 aromatic rings. The molecule has 0 amide bonds. The molecule has 0 spiro atoms. The number of nitrogens with zero attached hydrogens (tertiary/aromatic N) is 1. The monoisotopic (exact) mass is 353 g/mol. The maximum absolute atomic E-state index is 6.30. The van der Waals surface area contributed by atoms with Crippen molar-refractivity contribution < 1.29 is 9.47 Å². The van der Waals surface area contributed by atoms with Crippen molar-refractivity contribution in [2.24, 2.45) is 0 Å². The summed E-state index contributed by atoms with van der Waals surface area (Å²) >= 11 is 0. The normalized spacial score (nSPS) is 16.5. The number of hydrogen-bond acceptors (Lipinski definition) is 3. The number of rotatable bonds is 10. The number of ether oxygens (including phenoxy) is 2. The molecule has 0 radical (unpaired) electrons. The molecule has 1 heterocycles. The lowest BCUT2D eigenvalue weighted by Crippen LogP contribution is -2.37. The average Bonchev–Trinajstić information content (AvgIpc) is 2.72. The Labute approximate surface area is 157 Å². The van der Waals surface area contributed by atoms with E-state index in [-0.39, 0.29) is 6.10 Å². The van der Waals surface area contributed by atoms with E-state index >= 15 is 0 Å². The molecular formula is C23H31NO2. The number of hydrogen-bond donors (Lipinski definition) is 0. The summed E-state index contributed by atoms with van der Waals surface area (Å²) in [5, 5.41) is 0. The zero-order valence-corrected chi connectivity index (χ0v) is 15.7. The van der Waals surface area contributed by atoms with Gasteiger partial charge in [0.1, 0.15) is 0 Å². The van der Waals surface area contributed by atoms with E-state index in [1.807, 2.05) is 0 Å². The van der Waals surface area contributed by atoms with E-state index in [0.29, 0.717) is 0 Å². The lowest BCUT2D eigenvalue weighted by molar-refractivity contribution is 0.0176. The third-order valence-corrected chi connectivity index (χ3v) is 4.99. The summed E-state index contributed by atoms with van der Waals surface area (Å²) in [5.74, 6) is 0. The second-order valence-electron chi connectivity index (χ2n) is 6.96. The van der Waals surface area contributed by atoms with Gasteiger partial charge in [-0.2, -0.15) is 0 Å². The predicted molar refractivity (Wildman–Crippen MR) is 106 cm³/mol. The molecule has 0 aromatic heterocycles. The Hall–Kier alpha value is -1.68. The second-order valence-corrected chi connectivity index (χ2v) is 6.96. The van der Waals surface area contributed by atoms with Crippen LogP contribution in [0.5, 0.6) is 0 Å². The van der Waals surface area contributed by atoms with E-state index in [4.69, 9.17) is 9.47 Å². The summed E-state index contributed by atoms with van der Waals surface area (Å²) in [7, 11) is 0. The van der Waals surface area contributed by atoms with Crippen molar-refractivity contribution in [3.8, 4) is 0 Å². The van der Waals surface area contributed by atoms with Gasteiger partial charge in [0.25, 0.3) is 0 Å². The molecule has 1 unspecified atom stereocenters. The Kier molecular flexibility index (Phi) is 8.17. The highest BCUT2D eigenvalue weighted by atomic mass is 16.5. The largest absolute Gasteiger partial charge is 0.379 e. The Morgan fingerprint density at radius 2 is 1.58 bits per heavy atom. The molecule has 0 bridgehead atoms. The van der Waals surface area contributed by atoms with Gasteiger partial charge in [-0.15, -0.1) is 0 Å². The summed E-state index contributed by atoms with van der Waals surface area (Å²) in [6.45, 7) is 5.77. The molecule has 1 saturated heterocycles. The molecule has 0 aliphatic carbocycles. The van der Waals surface area contributed by atoms with Gasteiger partial charge >= 0.3 is 0 Å². The van der Waals surface area contributed by atoms with Gasteiger partial charge in [0, 0.05) is 26.2 Å². The molecule has 26 heavy (non-hydrogen) atoms. The average molecular weight is 354 g/mol. The Morgan fingerprint density at radius 3 is 2.31 bits per heavy atom. The van der Waals surface area contributed by atoms with E-state index in [9.17, 15) is 0 Å². The van der Waals surface area contributed by atoms with Gasteiger partial charge in [-0.3, -0.25) is 4.90 Å². The van der Waals surface area contributed by atoms with Crippen LogP contribution in [0.3, 0.4) is 0 Å². The predicted octanol–water partition coefficient (Wildman–Crippen LogP) is 4.49. The Bertz CT molecular complexity index is 596. The summed E-state index contributed by atoms with van der Waals surface area (Å²) in [5.41, 5.74) is 2.71. The number of aryl methyl sites for hydroxylation is 1. The van der Waals surface area contributed by atoms with Gasteiger partial charge in [0.15, 0.2) is 0 Å². The fourth-order valence-corrected chi connectivity index (χ4v) is 3.49. The zero-order valence-electron chi connectivity index (χ0n) is 15.7. The molecule has 1 aliphatic rings. The maximum atomic E-state index is 6.30. The molecule has 0 saturated carbocycles. The van der Waals surface area contributed by atoms with Gasteiger partial charge < -0.3 is 9.47 Å². The minimum atomic E-state index is 0.199. The lowest BCUT2D eigenvalue weighted by Gasteiger charge is -2.27. The van der Waals surface area contributed by atoms with Crippen LogP contribution in [0.1, 0.15) is 36.5 Å². The third-order valence-electron chi connectivity index (χ3n) is 4.99. The van der Waals surface area contributed by atoms with E-state index in [1.165, 1.54) is 11.1 Å². The molecule has 3 heteroatoms. The van der Waals surface area contributed by atoms with Crippen molar-refractivity contribution >= 4 is 0 Å². The van der Waals surface area contributed by atoms with Gasteiger partial charge in [-0.1, -0.05) is 60.7 Å². The molecule has 140 valence electrons. The van der Waals surface area contributed by atoms with Crippen molar-refractivity contribution in [3.05, 3.63) is 71.8 Å². The van der Waals surface area contributed by atoms with Crippen LogP contribution in [0.25, 0.3) is 0 Å². The van der Waals surface area contributed by atoms with Crippen LogP contribution in [0.4, 0.5) is 0 Å². The van der Waals surface area contributed by atoms with Gasteiger partial charge in [0.2, 0.25) is 0 Å². The first-order chi connectivity index (χ1) is 12.9. The van der Waals surface area contributed by atoms with Gasteiger partial charge in [-0.05, 0) is 36.8 Å². The fraction of sp³-hybridized carbons (Fsp3) is 0.478. The third kappa shape index (κ3) is 6.56. The molecule has 1 aliphatic heterocycles. The molecule has 1 fully saturated rings. The Morgan fingerprint density at radius 1 is 0.885 bits per heavy atom. The molecule has 1 atom stereocenters. The van der Waals surface area contributed by atoms with Gasteiger partial charge in [-0.25, -0.2) is 0 Å². The highest BCUT2D eigenvalue weighted by molar-refractivity contribution is 5.18. The SMILES string of the molecule is c1ccc(CCCC(OCCCN2CCOCC2)c2ccccc2)cc1. The molecular weight excluding hydrogens is 322 g/mol. The van der Waals surface area contributed by atoms with Crippen molar-refractivity contribution in [1.29, 1.82) is 0 Å². The van der Waals surface area contributed by atoms with Crippen LogP contribution in [0.2, 0.25) is 0 Å². The standard InChI is InChI=1S/C23H31NO2/c1-3-9-21(10-4-1)11-7-14-23(22-12-5-2-6-13-22)26-18-8-15-24-16-19-25-20-17-24/h1-6,9-10,12-13,23H,7-8,11,14-20H2. The van der Waals surface area contributed by atoms with Gasteiger partial charge in [0.05, 0.1) is 19.3 Å². The summed E-state index contributed by atoms with van der Waals surface area (Å²) in [6, 6.07) is 21.4. The number of morpholine rings is 1. The maximum Gasteiger partial charge on any atom is 0.0825 e. The topological polar surface area (TPSA) is 21.7 Å².